The van der Waals surface area contributed by atoms with Gasteiger partial charge in [0.05, 0.1) is 18.4 Å². The van der Waals surface area contributed by atoms with E-state index in [1.165, 1.54) is 0 Å². The fourth-order valence-corrected chi connectivity index (χ4v) is 2.47. The minimum atomic E-state index is 0.0176. The highest BCUT2D eigenvalue weighted by molar-refractivity contribution is 5.92. The topological polar surface area (TPSA) is 46.9 Å². The van der Waals surface area contributed by atoms with Gasteiger partial charge in [-0.2, -0.15) is 0 Å². The summed E-state index contributed by atoms with van der Waals surface area (Å²) in [6.07, 6.45) is 12.6. The minimum absolute atomic E-state index is 0.0176. The summed E-state index contributed by atoms with van der Waals surface area (Å²) >= 11 is 0. The summed E-state index contributed by atoms with van der Waals surface area (Å²) < 4.78 is 1.96. The maximum absolute atomic E-state index is 12.0. The molecule has 0 atom stereocenters. The van der Waals surface area contributed by atoms with Crippen LogP contribution in [0.2, 0.25) is 0 Å². The first-order valence-electron chi connectivity index (χ1n) is 7.47. The Morgan fingerprint density at radius 2 is 2.09 bits per heavy atom. The molecule has 22 heavy (non-hydrogen) atoms. The molecule has 112 valence electrons. The summed E-state index contributed by atoms with van der Waals surface area (Å²) in [7, 11) is 0. The molecule has 1 aromatic heterocycles. The van der Waals surface area contributed by atoms with Crippen molar-refractivity contribution in [3.05, 3.63) is 66.3 Å². The van der Waals surface area contributed by atoms with Gasteiger partial charge in [0.25, 0.3) is 0 Å². The van der Waals surface area contributed by atoms with E-state index in [-0.39, 0.29) is 5.91 Å². The zero-order chi connectivity index (χ0) is 15.4. The molecule has 2 aromatic rings. The molecule has 1 amide bonds. The van der Waals surface area contributed by atoms with Crippen molar-refractivity contribution in [3.8, 4) is 5.69 Å². The molecule has 1 aliphatic carbocycles. The number of carbonyl (C=O) groups excluding carboxylic acids is 1. The fraction of sp³-hybridized carbons (Fsp3) is 0.222. The molecular formula is C18H19N3O. The van der Waals surface area contributed by atoms with E-state index in [0.29, 0.717) is 6.42 Å². The summed E-state index contributed by atoms with van der Waals surface area (Å²) in [6.45, 7) is 1.96. The van der Waals surface area contributed by atoms with Gasteiger partial charge in [0, 0.05) is 17.6 Å². The molecule has 0 saturated carbocycles. The molecule has 1 aliphatic rings. The van der Waals surface area contributed by atoms with Crippen LogP contribution < -0.4 is 5.32 Å². The largest absolute Gasteiger partial charge is 0.326 e. The van der Waals surface area contributed by atoms with Crippen LogP contribution in [0, 0.1) is 6.92 Å². The summed E-state index contributed by atoms with van der Waals surface area (Å²) in [5.41, 5.74) is 3.91. The van der Waals surface area contributed by atoms with Crippen LogP contribution in [0.1, 0.15) is 25.0 Å². The number of aromatic nitrogens is 2. The number of hydrogen-bond donors (Lipinski definition) is 1. The normalized spacial score (nSPS) is 13.8. The second-order valence-electron chi connectivity index (χ2n) is 5.45. The number of carbonyl (C=O) groups is 1. The zero-order valence-electron chi connectivity index (χ0n) is 12.6. The zero-order valence-corrected chi connectivity index (χ0v) is 12.6. The Bertz CT molecular complexity index is 723. The SMILES string of the molecule is Cc1cn(-c2ccc(NC(=O)CC3=CCCC=C3)cc2)cn1. The average molecular weight is 293 g/mol. The van der Waals surface area contributed by atoms with Crippen molar-refractivity contribution < 1.29 is 4.79 Å². The Balaban J connectivity index is 1.62. The number of rotatable bonds is 4. The molecule has 0 radical (unpaired) electrons. The number of aryl methyl sites for hydroxylation is 1. The lowest BCUT2D eigenvalue weighted by molar-refractivity contribution is -0.115. The van der Waals surface area contributed by atoms with Crippen molar-refractivity contribution >= 4 is 11.6 Å². The third-order valence-corrected chi connectivity index (χ3v) is 3.60. The van der Waals surface area contributed by atoms with Gasteiger partial charge in [0.2, 0.25) is 5.91 Å². The lowest BCUT2D eigenvalue weighted by atomic mass is 10.0. The van der Waals surface area contributed by atoms with E-state index in [1.54, 1.807) is 6.33 Å². The minimum Gasteiger partial charge on any atom is -0.326 e. The molecule has 1 heterocycles. The van der Waals surface area contributed by atoms with Gasteiger partial charge in [0.1, 0.15) is 0 Å². The number of allylic oxidation sites excluding steroid dienone is 3. The second-order valence-corrected chi connectivity index (χ2v) is 5.45. The first kappa shape index (κ1) is 14.3. The van der Waals surface area contributed by atoms with Crippen molar-refractivity contribution in [2.75, 3.05) is 5.32 Å². The lowest BCUT2D eigenvalue weighted by Gasteiger charge is -2.09. The third kappa shape index (κ3) is 3.52. The number of hydrogen-bond acceptors (Lipinski definition) is 2. The third-order valence-electron chi connectivity index (χ3n) is 3.60. The fourth-order valence-electron chi connectivity index (χ4n) is 2.47. The van der Waals surface area contributed by atoms with E-state index >= 15 is 0 Å². The number of nitrogens with one attached hydrogen (secondary N) is 1. The van der Waals surface area contributed by atoms with Crippen LogP contribution in [-0.2, 0) is 4.79 Å². The summed E-state index contributed by atoms with van der Waals surface area (Å²) in [5.74, 6) is 0.0176. The lowest BCUT2D eigenvalue weighted by Crippen LogP contribution is -2.12. The van der Waals surface area contributed by atoms with Gasteiger partial charge in [-0.15, -0.1) is 0 Å². The smallest absolute Gasteiger partial charge is 0.228 e. The summed E-state index contributed by atoms with van der Waals surface area (Å²) in [4.78, 5) is 16.2. The molecule has 0 unspecified atom stereocenters. The van der Waals surface area contributed by atoms with Gasteiger partial charge < -0.3 is 9.88 Å². The van der Waals surface area contributed by atoms with E-state index in [0.717, 1.165) is 35.5 Å². The monoisotopic (exact) mass is 293 g/mol. The van der Waals surface area contributed by atoms with Crippen LogP contribution in [0.5, 0.6) is 0 Å². The summed E-state index contributed by atoms with van der Waals surface area (Å²) in [6, 6.07) is 7.76. The van der Waals surface area contributed by atoms with Crippen LogP contribution in [0.15, 0.2) is 60.6 Å². The van der Waals surface area contributed by atoms with Crippen LogP contribution in [0.4, 0.5) is 5.69 Å². The first-order valence-corrected chi connectivity index (χ1v) is 7.47. The summed E-state index contributed by atoms with van der Waals surface area (Å²) in [5, 5.41) is 2.93. The first-order chi connectivity index (χ1) is 10.7. The Morgan fingerprint density at radius 1 is 1.27 bits per heavy atom. The van der Waals surface area contributed by atoms with E-state index in [1.807, 2.05) is 48.0 Å². The van der Waals surface area contributed by atoms with E-state index in [4.69, 9.17) is 0 Å². The van der Waals surface area contributed by atoms with Crippen molar-refractivity contribution in [2.45, 2.75) is 26.2 Å². The van der Waals surface area contributed by atoms with Crippen LogP contribution in [0.25, 0.3) is 5.69 Å². The quantitative estimate of drug-likeness (QED) is 0.932. The average Bonchev–Trinajstić information content (AvgIpc) is 2.95. The number of amides is 1. The Labute approximate surface area is 130 Å². The van der Waals surface area contributed by atoms with E-state index in [9.17, 15) is 4.79 Å². The molecule has 0 bridgehead atoms. The number of anilines is 1. The van der Waals surface area contributed by atoms with Gasteiger partial charge >= 0.3 is 0 Å². The van der Waals surface area contributed by atoms with Gasteiger partial charge in [-0.05, 0) is 49.6 Å². The predicted octanol–water partition coefficient (Wildman–Crippen LogP) is 3.79. The number of imidazole rings is 1. The van der Waals surface area contributed by atoms with Crippen LogP contribution in [0.3, 0.4) is 0 Å². The molecule has 1 aromatic carbocycles. The molecule has 4 nitrogen and oxygen atoms in total. The van der Waals surface area contributed by atoms with Crippen LogP contribution in [-0.4, -0.2) is 15.5 Å². The maximum atomic E-state index is 12.0. The maximum Gasteiger partial charge on any atom is 0.228 e. The Morgan fingerprint density at radius 3 is 2.73 bits per heavy atom. The molecule has 1 N–H and O–H groups in total. The van der Waals surface area contributed by atoms with E-state index < -0.39 is 0 Å². The molecule has 3 rings (SSSR count). The Hall–Kier alpha value is -2.62. The highest BCUT2D eigenvalue weighted by atomic mass is 16.1. The molecule has 0 saturated heterocycles. The standard InChI is InChI=1S/C18H19N3O/c1-14-12-21(13-19-14)17-9-7-16(8-10-17)20-18(22)11-15-5-3-2-4-6-15/h3,5-10,12-13H,2,4,11H2,1H3,(H,20,22). The molecular weight excluding hydrogens is 274 g/mol. The van der Waals surface area contributed by atoms with Crippen molar-refractivity contribution in [1.82, 2.24) is 9.55 Å². The van der Waals surface area contributed by atoms with Gasteiger partial charge in [0.15, 0.2) is 0 Å². The molecule has 0 aliphatic heterocycles. The van der Waals surface area contributed by atoms with Crippen molar-refractivity contribution in [2.24, 2.45) is 0 Å². The molecule has 0 fully saturated rings. The Kier molecular flexibility index (Phi) is 4.19. The predicted molar refractivity (Wildman–Crippen MR) is 88.0 cm³/mol. The van der Waals surface area contributed by atoms with Crippen molar-refractivity contribution in [1.29, 1.82) is 0 Å². The van der Waals surface area contributed by atoms with Crippen LogP contribution >= 0.6 is 0 Å². The van der Waals surface area contributed by atoms with Gasteiger partial charge in [-0.25, -0.2) is 4.98 Å². The number of nitrogens with zero attached hydrogens (tertiary/aromatic N) is 2. The van der Waals surface area contributed by atoms with E-state index in [2.05, 4.69) is 22.5 Å². The molecule has 0 spiro atoms. The van der Waals surface area contributed by atoms with Crippen molar-refractivity contribution in [3.63, 3.8) is 0 Å². The molecule has 4 heteroatoms. The highest BCUT2D eigenvalue weighted by Gasteiger charge is 2.06. The van der Waals surface area contributed by atoms with Gasteiger partial charge in [-0.1, -0.05) is 18.2 Å². The second kappa shape index (κ2) is 6.43. The van der Waals surface area contributed by atoms with Gasteiger partial charge in [-0.3, -0.25) is 4.79 Å². The highest BCUT2D eigenvalue weighted by Crippen LogP contribution is 2.16. The number of benzene rings is 1.